The van der Waals surface area contributed by atoms with Gasteiger partial charge in [-0.25, -0.2) is 0 Å². The van der Waals surface area contributed by atoms with E-state index < -0.39 is 0 Å². The van der Waals surface area contributed by atoms with Crippen LogP contribution in [0.5, 0.6) is 11.5 Å². The maximum atomic E-state index is 11.1. The zero-order valence-electron chi connectivity index (χ0n) is 11.4. The zero-order valence-corrected chi connectivity index (χ0v) is 11.4. The van der Waals surface area contributed by atoms with E-state index in [1.165, 1.54) is 0 Å². The average molecular weight is 264 g/mol. The molecule has 0 aromatic heterocycles. The lowest BCUT2D eigenvalue weighted by Crippen LogP contribution is -2.35. The summed E-state index contributed by atoms with van der Waals surface area (Å²) in [4.78, 5) is 11.1. The highest BCUT2D eigenvalue weighted by Crippen LogP contribution is 2.23. The molecule has 1 aromatic carbocycles. The van der Waals surface area contributed by atoms with Gasteiger partial charge in [-0.2, -0.15) is 0 Å². The van der Waals surface area contributed by atoms with Gasteiger partial charge < -0.3 is 20.1 Å². The molecule has 0 saturated carbocycles. The first-order chi connectivity index (χ1) is 9.22. The fourth-order valence-electron chi connectivity index (χ4n) is 2.23. The van der Waals surface area contributed by atoms with Gasteiger partial charge in [-0.1, -0.05) is 0 Å². The molecule has 5 nitrogen and oxygen atoms in total. The van der Waals surface area contributed by atoms with Crippen molar-refractivity contribution >= 4 is 5.91 Å². The van der Waals surface area contributed by atoms with Crippen molar-refractivity contribution in [1.29, 1.82) is 0 Å². The second-order valence-corrected chi connectivity index (χ2v) is 4.61. The molecule has 1 heterocycles. The van der Waals surface area contributed by atoms with Crippen molar-refractivity contribution in [2.45, 2.75) is 25.4 Å². The lowest BCUT2D eigenvalue weighted by molar-refractivity contribution is -0.119. The monoisotopic (exact) mass is 264 g/mol. The van der Waals surface area contributed by atoms with Crippen LogP contribution in [0.4, 0.5) is 0 Å². The Bertz CT molecular complexity index is 448. The summed E-state index contributed by atoms with van der Waals surface area (Å²) >= 11 is 0. The number of ether oxygens (including phenoxy) is 2. The molecule has 1 amide bonds. The van der Waals surface area contributed by atoms with Crippen molar-refractivity contribution in [3.05, 3.63) is 23.8 Å². The summed E-state index contributed by atoms with van der Waals surface area (Å²) in [6, 6.07) is 5.97. The Morgan fingerprint density at radius 3 is 2.84 bits per heavy atom. The van der Waals surface area contributed by atoms with Crippen molar-refractivity contribution in [3.63, 3.8) is 0 Å². The Morgan fingerprint density at radius 2 is 2.21 bits per heavy atom. The smallest absolute Gasteiger partial charge is 0.220 e. The molecule has 1 aliphatic rings. The normalized spacial score (nSPS) is 18.2. The van der Waals surface area contributed by atoms with E-state index in [0.29, 0.717) is 13.0 Å². The van der Waals surface area contributed by atoms with E-state index in [-0.39, 0.29) is 11.9 Å². The largest absolute Gasteiger partial charge is 0.497 e. The van der Waals surface area contributed by atoms with Gasteiger partial charge in [0.1, 0.15) is 11.5 Å². The van der Waals surface area contributed by atoms with Gasteiger partial charge in [-0.05, 0) is 24.6 Å². The van der Waals surface area contributed by atoms with Crippen LogP contribution in [-0.4, -0.2) is 32.7 Å². The summed E-state index contributed by atoms with van der Waals surface area (Å²) < 4.78 is 10.5. The molecule has 1 fully saturated rings. The molecule has 1 aromatic rings. The molecule has 1 aliphatic heterocycles. The number of carbonyl (C=O) groups excluding carboxylic acids is 1. The summed E-state index contributed by atoms with van der Waals surface area (Å²) in [6.07, 6.45) is 1.54. The van der Waals surface area contributed by atoms with Gasteiger partial charge in [0.25, 0.3) is 0 Å². The van der Waals surface area contributed by atoms with Crippen LogP contribution >= 0.6 is 0 Å². The van der Waals surface area contributed by atoms with Crippen molar-refractivity contribution < 1.29 is 14.3 Å². The van der Waals surface area contributed by atoms with Crippen molar-refractivity contribution in [3.8, 4) is 11.5 Å². The lowest BCUT2D eigenvalue weighted by atomic mass is 10.1. The standard InChI is InChI=1S/C14H20N2O3/c1-18-12-4-5-13(19-2)10(7-12)8-15-9-11-3-6-14(17)16-11/h4-5,7,11,15H,3,6,8-9H2,1-2H3,(H,16,17). The molecule has 0 aliphatic carbocycles. The first-order valence-electron chi connectivity index (χ1n) is 6.44. The summed E-state index contributed by atoms with van der Waals surface area (Å²) in [5.74, 6) is 1.79. The average Bonchev–Trinajstić information content (AvgIpc) is 2.84. The van der Waals surface area contributed by atoms with Crippen LogP contribution in [0.25, 0.3) is 0 Å². The predicted octanol–water partition coefficient (Wildman–Crippen LogP) is 1.07. The predicted molar refractivity (Wildman–Crippen MR) is 72.4 cm³/mol. The Labute approximate surface area is 113 Å². The Hall–Kier alpha value is -1.75. The maximum absolute atomic E-state index is 11.1. The fraction of sp³-hybridized carbons (Fsp3) is 0.500. The SMILES string of the molecule is COc1ccc(OC)c(CNCC2CCC(=O)N2)c1. The quantitative estimate of drug-likeness (QED) is 0.807. The van der Waals surface area contributed by atoms with Crippen LogP contribution < -0.4 is 20.1 Å². The molecule has 2 N–H and O–H groups in total. The maximum Gasteiger partial charge on any atom is 0.220 e. The molecule has 19 heavy (non-hydrogen) atoms. The minimum absolute atomic E-state index is 0.144. The highest BCUT2D eigenvalue weighted by atomic mass is 16.5. The second-order valence-electron chi connectivity index (χ2n) is 4.61. The van der Waals surface area contributed by atoms with Crippen LogP contribution in [0.15, 0.2) is 18.2 Å². The minimum atomic E-state index is 0.144. The van der Waals surface area contributed by atoms with Gasteiger partial charge in [0.15, 0.2) is 0 Å². The number of nitrogens with one attached hydrogen (secondary N) is 2. The molecule has 0 radical (unpaired) electrons. The molecule has 2 rings (SSSR count). The number of carbonyl (C=O) groups is 1. The van der Waals surface area contributed by atoms with Gasteiger partial charge in [-0.3, -0.25) is 4.79 Å². The molecule has 1 unspecified atom stereocenters. The second kappa shape index (κ2) is 6.43. The molecule has 0 bridgehead atoms. The molecule has 1 atom stereocenters. The van der Waals surface area contributed by atoms with Crippen LogP contribution in [-0.2, 0) is 11.3 Å². The van der Waals surface area contributed by atoms with Crippen LogP contribution in [0.1, 0.15) is 18.4 Å². The van der Waals surface area contributed by atoms with Gasteiger partial charge >= 0.3 is 0 Å². The van der Waals surface area contributed by atoms with Crippen LogP contribution in [0, 0.1) is 0 Å². The van der Waals surface area contributed by atoms with Crippen LogP contribution in [0.3, 0.4) is 0 Å². The highest BCUT2D eigenvalue weighted by molar-refractivity contribution is 5.78. The first kappa shape index (κ1) is 13.7. The van der Waals surface area contributed by atoms with Gasteiger partial charge in [-0.15, -0.1) is 0 Å². The van der Waals surface area contributed by atoms with Crippen LogP contribution in [0.2, 0.25) is 0 Å². The van der Waals surface area contributed by atoms with E-state index in [0.717, 1.165) is 30.0 Å². The first-order valence-corrected chi connectivity index (χ1v) is 6.44. The van der Waals surface area contributed by atoms with Gasteiger partial charge in [0.05, 0.1) is 14.2 Å². The number of amides is 1. The van der Waals surface area contributed by atoms with E-state index in [1.54, 1.807) is 14.2 Å². The topological polar surface area (TPSA) is 59.6 Å². The Morgan fingerprint density at radius 1 is 1.37 bits per heavy atom. The summed E-state index contributed by atoms with van der Waals surface area (Å²) in [5, 5.41) is 6.27. The third kappa shape index (κ3) is 3.61. The zero-order chi connectivity index (χ0) is 13.7. The highest BCUT2D eigenvalue weighted by Gasteiger charge is 2.19. The molecular formula is C14H20N2O3. The number of benzene rings is 1. The van der Waals surface area contributed by atoms with Crippen molar-refractivity contribution in [2.75, 3.05) is 20.8 Å². The molecule has 0 spiro atoms. The number of methoxy groups -OCH3 is 2. The third-order valence-electron chi connectivity index (χ3n) is 3.28. The lowest BCUT2D eigenvalue weighted by Gasteiger charge is -2.14. The van der Waals surface area contributed by atoms with E-state index in [2.05, 4.69) is 10.6 Å². The molecule has 5 heteroatoms. The molecule has 1 saturated heterocycles. The van der Waals surface area contributed by atoms with Crippen molar-refractivity contribution in [1.82, 2.24) is 10.6 Å². The van der Waals surface area contributed by atoms with Gasteiger partial charge in [0.2, 0.25) is 5.91 Å². The molecular weight excluding hydrogens is 244 g/mol. The number of hydrogen-bond acceptors (Lipinski definition) is 4. The summed E-state index contributed by atoms with van der Waals surface area (Å²) in [5.41, 5.74) is 1.05. The van der Waals surface area contributed by atoms with E-state index in [4.69, 9.17) is 9.47 Å². The molecule has 104 valence electrons. The van der Waals surface area contributed by atoms with E-state index in [9.17, 15) is 4.79 Å². The fourth-order valence-corrected chi connectivity index (χ4v) is 2.23. The third-order valence-corrected chi connectivity index (χ3v) is 3.28. The number of hydrogen-bond donors (Lipinski definition) is 2. The minimum Gasteiger partial charge on any atom is -0.497 e. The summed E-state index contributed by atoms with van der Waals surface area (Å²) in [7, 11) is 3.30. The van der Waals surface area contributed by atoms with E-state index >= 15 is 0 Å². The Kier molecular flexibility index (Phi) is 4.63. The summed E-state index contributed by atoms with van der Waals surface area (Å²) in [6.45, 7) is 1.46. The Balaban J connectivity index is 1.89. The van der Waals surface area contributed by atoms with Crippen molar-refractivity contribution in [2.24, 2.45) is 0 Å². The number of rotatable bonds is 6. The van der Waals surface area contributed by atoms with E-state index in [1.807, 2.05) is 18.2 Å². The van der Waals surface area contributed by atoms with Gasteiger partial charge in [0, 0.05) is 31.1 Å².